The van der Waals surface area contributed by atoms with E-state index in [4.69, 9.17) is 11.6 Å². The van der Waals surface area contributed by atoms with Crippen molar-refractivity contribution in [2.45, 2.75) is 34.1 Å². The number of carbonyl (C=O) groups is 1. The Morgan fingerprint density at radius 2 is 2.00 bits per heavy atom. The van der Waals surface area contributed by atoms with Crippen LogP contribution >= 0.6 is 11.6 Å². The largest absolute Gasteiger partial charge is 0.294 e. The molecule has 0 spiro atoms. The van der Waals surface area contributed by atoms with Gasteiger partial charge in [0.15, 0.2) is 5.78 Å². The molecule has 2 heteroatoms. The zero-order valence-electron chi connectivity index (χ0n) is 9.73. The molecule has 82 valence electrons. The first-order valence-corrected chi connectivity index (χ1v) is 5.57. The Kier molecular flexibility index (Phi) is 3.56. The Labute approximate surface area is 96.5 Å². The molecule has 1 rings (SSSR count). The number of halogens is 1. The summed E-state index contributed by atoms with van der Waals surface area (Å²) in [5, 5.41) is 0.548. The van der Waals surface area contributed by atoms with E-state index in [0.29, 0.717) is 10.6 Å². The van der Waals surface area contributed by atoms with Gasteiger partial charge in [0.25, 0.3) is 0 Å². The van der Waals surface area contributed by atoms with Crippen molar-refractivity contribution in [1.82, 2.24) is 0 Å². The van der Waals surface area contributed by atoms with Crippen molar-refractivity contribution in [2.75, 3.05) is 0 Å². The van der Waals surface area contributed by atoms with Crippen molar-refractivity contribution >= 4 is 17.4 Å². The molecule has 0 unspecified atom stereocenters. The summed E-state index contributed by atoms with van der Waals surface area (Å²) in [5.74, 6) is 0.124. The number of hydrogen-bond acceptors (Lipinski definition) is 1. The monoisotopic (exact) mass is 224 g/mol. The molecule has 0 fully saturated rings. The molecule has 0 radical (unpaired) electrons. The summed E-state index contributed by atoms with van der Waals surface area (Å²) < 4.78 is 0. The van der Waals surface area contributed by atoms with Crippen LogP contribution in [0.2, 0.25) is 5.02 Å². The van der Waals surface area contributed by atoms with E-state index < -0.39 is 0 Å². The van der Waals surface area contributed by atoms with E-state index >= 15 is 0 Å². The Bertz CT molecular complexity index is 380. The normalized spacial score (nSPS) is 11.5. The SMILES string of the molecule is CCC(C)(C)C(=O)c1cc(C)ccc1Cl. The van der Waals surface area contributed by atoms with Gasteiger partial charge in [0.1, 0.15) is 0 Å². The van der Waals surface area contributed by atoms with Crippen LogP contribution in [-0.2, 0) is 0 Å². The van der Waals surface area contributed by atoms with E-state index in [0.717, 1.165) is 12.0 Å². The van der Waals surface area contributed by atoms with Gasteiger partial charge in [0.05, 0.1) is 5.02 Å². The minimum absolute atomic E-state index is 0.124. The molecule has 0 amide bonds. The summed E-state index contributed by atoms with van der Waals surface area (Å²) in [4.78, 5) is 12.2. The Morgan fingerprint density at radius 3 is 2.53 bits per heavy atom. The Morgan fingerprint density at radius 1 is 1.40 bits per heavy atom. The van der Waals surface area contributed by atoms with Crippen molar-refractivity contribution in [3.63, 3.8) is 0 Å². The molecular weight excluding hydrogens is 208 g/mol. The number of Topliss-reactive ketones (excluding diaryl/α,β-unsaturated/α-hetero) is 1. The maximum atomic E-state index is 12.2. The first kappa shape index (κ1) is 12.3. The molecule has 0 saturated carbocycles. The highest BCUT2D eigenvalue weighted by Crippen LogP contribution is 2.29. The fourth-order valence-electron chi connectivity index (χ4n) is 1.34. The van der Waals surface area contributed by atoms with Crippen molar-refractivity contribution in [1.29, 1.82) is 0 Å². The molecule has 1 aromatic carbocycles. The highest BCUT2D eigenvalue weighted by molar-refractivity contribution is 6.34. The molecule has 0 saturated heterocycles. The summed E-state index contributed by atoms with van der Waals surface area (Å²) in [5.41, 5.74) is 1.37. The van der Waals surface area contributed by atoms with Crippen molar-refractivity contribution in [2.24, 2.45) is 5.41 Å². The quantitative estimate of drug-likeness (QED) is 0.701. The van der Waals surface area contributed by atoms with Crippen LogP contribution in [0.4, 0.5) is 0 Å². The minimum Gasteiger partial charge on any atom is -0.294 e. The van der Waals surface area contributed by atoms with E-state index in [2.05, 4.69) is 0 Å². The summed E-state index contributed by atoms with van der Waals surface area (Å²) in [6.07, 6.45) is 0.816. The second kappa shape index (κ2) is 4.36. The molecule has 0 N–H and O–H groups in total. The van der Waals surface area contributed by atoms with Gasteiger partial charge in [-0.3, -0.25) is 4.79 Å². The summed E-state index contributed by atoms with van der Waals surface area (Å²) in [6.45, 7) is 7.88. The van der Waals surface area contributed by atoms with Gasteiger partial charge in [-0.15, -0.1) is 0 Å². The second-order valence-corrected chi connectivity index (χ2v) is 4.96. The molecule has 0 aromatic heterocycles. The van der Waals surface area contributed by atoms with Gasteiger partial charge >= 0.3 is 0 Å². The van der Waals surface area contributed by atoms with Gasteiger partial charge in [-0.2, -0.15) is 0 Å². The maximum Gasteiger partial charge on any atom is 0.169 e. The lowest BCUT2D eigenvalue weighted by atomic mass is 9.82. The summed E-state index contributed by atoms with van der Waals surface area (Å²) >= 11 is 6.03. The maximum absolute atomic E-state index is 12.2. The molecule has 0 aliphatic carbocycles. The molecule has 0 heterocycles. The lowest BCUT2D eigenvalue weighted by Crippen LogP contribution is -2.23. The lowest BCUT2D eigenvalue weighted by molar-refractivity contribution is 0.0833. The number of benzene rings is 1. The molecule has 0 aliphatic rings. The molecule has 0 aliphatic heterocycles. The molecule has 1 aromatic rings. The fourth-order valence-corrected chi connectivity index (χ4v) is 1.54. The van der Waals surface area contributed by atoms with Crippen molar-refractivity contribution < 1.29 is 4.79 Å². The number of ketones is 1. The standard InChI is InChI=1S/C13H17ClO/c1-5-13(3,4)12(15)10-8-9(2)6-7-11(10)14/h6-8H,5H2,1-4H3. The van der Waals surface area contributed by atoms with Crippen LogP contribution in [0.25, 0.3) is 0 Å². The average Bonchev–Trinajstić information content (AvgIpc) is 2.20. The van der Waals surface area contributed by atoms with Gasteiger partial charge in [-0.1, -0.05) is 44.0 Å². The molecule has 0 bridgehead atoms. The topological polar surface area (TPSA) is 17.1 Å². The first-order valence-electron chi connectivity index (χ1n) is 5.19. The zero-order chi connectivity index (χ0) is 11.6. The third-order valence-electron chi connectivity index (χ3n) is 2.87. The van der Waals surface area contributed by atoms with Gasteiger partial charge in [-0.25, -0.2) is 0 Å². The predicted octanol–water partition coefficient (Wildman–Crippen LogP) is 4.27. The molecular formula is C13H17ClO. The third kappa shape index (κ3) is 2.60. The second-order valence-electron chi connectivity index (χ2n) is 4.55. The predicted molar refractivity (Wildman–Crippen MR) is 64.6 cm³/mol. The molecule has 15 heavy (non-hydrogen) atoms. The highest BCUT2D eigenvalue weighted by atomic mass is 35.5. The van der Waals surface area contributed by atoms with Gasteiger partial charge < -0.3 is 0 Å². The van der Waals surface area contributed by atoms with E-state index in [9.17, 15) is 4.79 Å². The smallest absolute Gasteiger partial charge is 0.169 e. The van der Waals surface area contributed by atoms with Crippen molar-refractivity contribution in [3.05, 3.63) is 34.3 Å². The number of rotatable bonds is 3. The summed E-state index contributed by atoms with van der Waals surface area (Å²) in [6, 6.07) is 5.57. The lowest BCUT2D eigenvalue weighted by Gasteiger charge is -2.21. The summed E-state index contributed by atoms with van der Waals surface area (Å²) in [7, 11) is 0. The fraction of sp³-hybridized carbons (Fsp3) is 0.462. The Balaban J connectivity index is 3.17. The van der Waals surface area contributed by atoms with Crippen LogP contribution < -0.4 is 0 Å². The molecule has 1 nitrogen and oxygen atoms in total. The average molecular weight is 225 g/mol. The zero-order valence-corrected chi connectivity index (χ0v) is 10.5. The van der Waals surface area contributed by atoms with E-state index in [-0.39, 0.29) is 11.2 Å². The first-order chi connectivity index (χ1) is 6.88. The number of carbonyl (C=O) groups excluding carboxylic acids is 1. The van der Waals surface area contributed by atoms with Crippen LogP contribution in [0.15, 0.2) is 18.2 Å². The minimum atomic E-state index is -0.336. The van der Waals surface area contributed by atoms with Crippen molar-refractivity contribution in [3.8, 4) is 0 Å². The van der Waals surface area contributed by atoms with Gasteiger partial charge in [0.2, 0.25) is 0 Å². The Hall–Kier alpha value is -0.820. The van der Waals surface area contributed by atoms with Gasteiger partial charge in [-0.05, 0) is 25.5 Å². The van der Waals surface area contributed by atoms with Crippen LogP contribution in [0.1, 0.15) is 43.1 Å². The number of aryl methyl sites for hydroxylation is 1. The van der Waals surface area contributed by atoms with Crippen LogP contribution in [-0.4, -0.2) is 5.78 Å². The van der Waals surface area contributed by atoms with E-state index in [1.165, 1.54) is 0 Å². The van der Waals surface area contributed by atoms with E-state index in [1.54, 1.807) is 6.07 Å². The van der Waals surface area contributed by atoms with Crippen LogP contribution in [0, 0.1) is 12.3 Å². The molecule has 0 atom stereocenters. The third-order valence-corrected chi connectivity index (χ3v) is 3.19. The van der Waals surface area contributed by atoms with Crippen LogP contribution in [0.5, 0.6) is 0 Å². The number of hydrogen-bond donors (Lipinski definition) is 0. The van der Waals surface area contributed by atoms with Gasteiger partial charge in [0, 0.05) is 11.0 Å². The highest BCUT2D eigenvalue weighted by Gasteiger charge is 2.27. The van der Waals surface area contributed by atoms with E-state index in [1.807, 2.05) is 39.8 Å². The van der Waals surface area contributed by atoms with Crippen LogP contribution in [0.3, 0.4) is 0 Å².